The van der Waals surface area contributed by atoms with Crippen LogP contribution in [0.1, 0.15) is 19.2 Å². The molecule has 0 saturated heterocycles. The Kier molecular flexibility index (Phi) is 4.10. The second kappa shape index (κ2) is 5.12. The number of aryl methyl sites for hydroxylation is 1. The molecule has 0 spiro atoms. The van der Waals surface area contributed by atoms with Gasteiger partial charge in [-0.1, -0.05) is 0 Å². The zero-order chi connectivity index (χ0) is 10.6. The van der Waals surface area contributed by atoms with E-state index in [1.807, 2.05) is 24.7 Å². The molecule has 0 bridgehead atoms. The van der Waals surface area contributed by atoms with Crippen molar-refractivity contribution in [3.8, 4) is 0 Å². The Balaban J connectivity index is 2.41. The van der Waals surface area contributed by atoms with Crippen molar-refractivity contribution in [3.05, 3.63) is 18.2 Å². The molecule has 1 aromatic rings. The van der Waals surface area contributed by atoms with E-state index in [4.69, 9.17) is 4.74 Å². The van der Waals surface area contributed by atoms with Gasteiger partial charge in [0.15, 0.2) is 0 Å². The van der Waals surface area contributed by atoms with Crippen LogP contribution in [-0.4, -0.2) is 34.0 Å². The molecular weight excluding hydrogens is 180 g/mol. The first-order valence-corrected chi connectivity index (χ1v) is 4.80. The third kappa shape index (κ3) is 3.12. The van der Waals surface area contributed by atoms with Crippen molar-refractivity contribution < 1.29 is 9.84 Å². The van der Waals surface area contributed by atoms with Crippen molar-refractivity contribution in [1.82, 2.24) is 9.55 Å². The van der Waals surface area contributed by atoms with Gasteiger partial charge in [0.05, 0.1) is 12.2 Å². The molecule has 1 rings (SSSR count). The van der Waals surface area contributed by atoms with Gasteiger partial charge in [0.1, 0.15) is 5.82 Å². The molecule has 0 aromatic carbocycles. The lowest BCUT2D eigenvalue weighted by molar-refractivity contribution is 0.0555. The summed E-state index contributed by atoms with van der Waals surface area (Å²) in [5.41, 5.74) is 0. The number of nitrogens with zero attached hydrogens (tertiary/aromatic N) is 2. The molecule has 80 valence electrons. The van der Waals surface area contributed by atoms with Crippen LogP contribution in [0.25, 0.3) is 0 Å². The van der Waals surface area contributed by atoms with E-state index < -0.39 is 0 Å². The van der Waals surface area contributed by atoms with Crippen molar-refractivity contribution in [2.75, 3.05) is 7.11 Å². The van der Waals surface area contributed by atoms with Crippen LogP contribution in [0, 0.1) is 0 Å². The van der Waals surface area contributed by atoms with E-state index in [2.05, 4.69) is 4.98 Å². The van der Waals surface area contributed by atoms with E-state index in [9.17, 15) is 5.11 Å². The van der Waals surface area contributed by atoms with Gasteiger partial charge in [-0.25, -0.2) is 4.98 Å². The van der Waals surface area contributed by atoms with E-state index in [0.717, 1.165) is 5.82 Å². The fraction of sp³-hybridized carbons (Fsp3) is 0.700. The monoisotopic (exact) mass is 198 g/mol. The second-order valence-corrected chi connectivity index (χ2v) is 3.59. The van der Waals surface area contributed by atoms with Crippen LogP contribution in [0.4, 0.5) is 0 Å². The summed E-state index contributed by atoms with van der Waals surface area (Å²) in [5.74, 6) is 0.904. The van der Waals surface area contributed by atoms with Crippen molar-refractivity contribution in [3.63, 3.8) is 0 Å². The smallest absolute Gasteiger partial charge is 0.110 e. The molecule has 0 aliphatic heterocycles. The first-order chi connectivity index (χ1) is 6.63. The van der Waals surface area contributed by atoms with Crippen LogP contribution < -0.4 is 0 Å². The van der Waals surface area contributed by atoms with E-state index in [1.165, 1.54) is 0 Å². The Morgan fingerprint density at radius 2 is 2.36 bits per heavy atom. The summed E-state index contributed by atoms with van der Waals surface area (Å²) in [5, 5.41) is 9.71. The third-order valence-electron chi connectivity index (χ3n) is 2.35. The number of methoxy groups -OCH3 is 1. The number of hydrogen-bond donors (Lipinski definition) is 1. The maximum Gasteiger partial charge on any atom is 0.110 e. The highest BCUT2D eigenvalue weighted by Gasteiger charge is 2.12. The molecular formula is C10H18N2O2. The maximum atomic E-state index is 9.71. The molecule has 0 radical (unpaired) electrons. The number of aliphatic hydroxyl groups is 1. The maximum absolute atomic E-state index is 9.71. The number of aromatic nitrogens is 2. The van der Waals surface area contributed by atoms with Crippen molar-refractivity contribution in [2.24, 2.45) is 7.05 Å². The minimum Gasteiger partial charge on any atom is -0.393 e. The zero-order valence-electron chi connectivity index (χ0n) is 8.97. The van der Waals surface area contributed by atoms with Crippen LogP contribution in [0.15, 0.2) is 12.4 Å². The van der Waals surface area contributed by atoms with Crippen molar-refractivity contribution >= 4 is 0 Å². The van der Waals surface area contributed by atoms with Crippen LogP contribution >= 0.6 is 0 Å². The van der Waals surface area contributed by atoms with Crippen LogP contribution in [0.3, 0.4) is 0 Å². The topological polar surface area (TPSA) is 47.3 Å². The number of ether oxygens (including phenoxy) is 1. The summed E-state index contributed by atoms with van der Waals surface area (Å²) in [6.07, 6.45) is 4.54. The largest absolute Gasteiger partial charge is 0.393 e. The van der Waals surface area contributed by atoms with Crippen molar-refractivity contribution in [1.29, 1.82) is 0 Å². The molecule has 4 nitrogen and oxygen atoms in total. The average molecular weight is 198 g/mol. The first kappa shape index (κ1) is 11.2. The molecule has 0 fully saturated rings. The summed E-state index contributed by atoms with van der Waals surface area (Å²) < 4.78 is 7.00. The highest BCUT2D eigenvalue weighted by molar-refractivity contribution is 4.93. The van der Waals surface area contributed by atoms with Gasteiger partial charge in [-0.05, 0) is 13.3 Å². The Labute approximate surface area is 84.5 Å². The third-order valence-corrected chi connectivity index (χ3v) is 2.35. The lowest BCUT2D eigenvalue weighted by Gasteiger charge is -2.14. The molecule has 0 aliphatic rings. The Morgan fingerprint density at radius 3 is 2.86 bits per heavy atom. The molecule has 4 heteroatoms. The second-order valence-electron chi connectivity index (χ2n) is 3.59. The number of aliphatic hydroxyl groups excluding tert-OH is 1. The summed E-state index contributed by atoms with van der Waals surface area (Å²) in [6.45, 7) is 1.95. The van der Waals surface area contributed by atoms with Gasteiger partial charge in [-0.15, -0.1) is 0 Å². The summed E-state index contributed by atoms with van der Waals surface area (Å²) in [4.78, 5) is 4.15. The lowest BCUT2D eigenvalue weighted by atomic mass is 10.1. The van der Waals surface area contributed by atoms with E-state index in [0.29, 0.717) is 12.8 Å². The first-order valence-electron chi connectivity index (χ1n) is 4.80. The molecule has 1 N–H and O–H groups in total. The highest BCUT2D eigenvalue weighted by Crippen LogP contribution is 2.07. The molecule has 1 heterocycles. The SMILES string of the molecule is COC(C)CC(O)Cc1nccn1C. The molecule has 0 saturated carbocycles. The van der Waals surface area contributed by atoms with Gasteiger partial charge in [0.25, 0.3) is 0 Å². The Morgan fingerprint density at radius 1 is 1.64 bits per heavy atom. The number of rotatable bonds is 5. The van der Waals surface area contributed by atoms with Gasteiger partial charge in [-0.3, -0.25) is 0 Å². The average Bonchev–Trinajstić information content (AvgIpc) is 2.51. The van der Waals surface area contributed by atoms with Gasteiger partial charge >= 0.3 is 0 Å². The summed E-state index contributed by atoms with van der Waals surface area (Å²) in [6, 6.07) is 0. The minimum atomic E-state index is -0.383. The van der Waals surface area contributed by atoms with Crippen molar-refractivity contribution in [2.45, 2.75) is 32.0 Å². The van der Waals surface area contributed by atoms with Crippen LogP contribution in [0.2, 0.25) is 0 Å². The fourth-order valence-corrected chi connectivity index (χ4v) is 1.37. The highest BCUT2D eigenvalue weighted by atomic mass is 16.5. The molecule has 14 heavy (non-hydrogen) atoms. The summed E-state index contributed by atoms with van der Waals surface area (Å²) >= 11 is 0. The molecule has 0 aliphatic carbocycles. The molecule has 2 unspecified atom stereocenters. The van der Waals surface area contributed by atoms with Crippen LogP contribution in [-0.2, 0) is 18.2 Å². The quantitative estimate of drug-likeness (QED) is 0.759. The van der Waals surface area contributed by atoms with E-state index in [-0.39, 0.29) is 12.2 Å². The van der Waals surface area contributed by atoms with E-state index >= 15 is 0 Å². The molecule has 2 atom stereocenters. The summed E-state index contributed by atoms with van der Waals surface area (Å²) in [7, 11) is 3.58. The zero-order valence-corrected chi connectivity index (χ0v) is 8.97. The van der Waals surface area contributed by atoms with Gasteiger partial charge < -0.3 is 14.4 Å². The van der Waals surface area contributed by atoms with Gasteiger partial charge in [0.2, 0.25) is 0 Å². The number of hydrogen-bond acceptors (Lipinski definition) is 3. The van der Waals surface area contributed by atoms with E-state index in [1.54, 1.807) is 13.3 Å². The van der Waals surface area contributed by atoms with Crippen LogP contribution in [0.5, 0.6) is 0 Å². The molecule has 1 aromatic heterocycles. The Bertz CT molecular complexity index is 273. The number of imidazole rings is 1. The fourth-order valence-electron chi connectivity index (χ4n) is 1.37. The van der Waals surface area contributed by atoms with Gasteiger partial charge in [-0.2, -0.15) is 0 Å². The normalized spacial score (nSPS) is 15.4. The predicted octanol–water partition coefficient (Wildman–Crippen LogP) is 0.748. The predicted molar refractivity (Wildman–Crippen MR) is 54.0 cm³/mol. The van der Waals surface area contributed by atoms with Gasteiger partial charge in [0, 0.05) is 33.0 Å². The molecule has 0 amide bonds. The lowest BCUT2D eigenvalue weighted by Crippen LogP contribution is -2.20. The minimum absolute atomic E-state index is 0.0882. The standard InChI is InChI=1S/C10H18N2O2/c1-8(14-3)6-9(13)7-10-11-4-5-12(10)2/h4-5,8-9,13H,6-7H2,1-3H3. The Hall–Kier alpha value is -0.870.